The molecule has 0 saturated heterocycles. The molecule has 0 amide bonds. The molecule has 9 heteroatoms. The lowest BCUT2D eigenvalue weighted by atomic mass is 9.76. The number of hydrogen-bond acceptors (Lipinski definition) is 6. The minimum Gasteiger partial charge on any atom is -0.450 e. The van der Waals surface area contributed by atoms with Crippen molar-refractivity contribution in [3.05, 3.63) is 0 Å². The first kappa shape index (κ1) is 15.9. The molecule has 0 aromatic rings. The first-order valence-electron chi connectivity index (χ1n) is 5.91. The second-order valence-electron chi connectivity index (χ2n) is 4.69. The molecule has 9 nitrogen and oxygen atoms in total. The third kappa shape index (κ3) is 3.90. The fraction of sp³-hybridized carbons (Fsp3) is 0.727. The largest absolute Gasteiger partial charge is 0.506 e. The summed E-state index contributed by atoms with van der Waals surface area (Å²) in [6.45, 7) is 3.19. The molecule has 1 aliphatic rings. The summed E-state index contributed by atoms with van der Waals surface area (Å²) in [7, 11) is 0. The van der Waals surface area contributed by atoms with E-state index in [2.05, 4.69) is 9.47 Å². The van der Waals surface area contributed by atoms with Crippen LogP contribution in [-0.2, 0) is 14.2 Å². The lowest BCUT2D eigenvalue weighted by Crippen LogP contribution is -2.52. The molecule has 114 valence electrons. The van der Waals surface area contributed by atoms with Gasteiger partial charge in [0.25, 0.3) is 0 Å². The molecule has 0 spiro atoms. The number of carbonyl (C=O) groups is 3. The lowest BCUT2D eigenvalue weighted by molar-refractivity contribution is -0.134. The highest BCUT2D eigenvalue weighted by molar-refractivity contribution is 5.59. The molecule has 20 heavy (non-hydrogen) atoms. The molecule has 0 aromatic carbocycles. The van der Waals surface area contributed by atoms with Crippen molar-refractivity contribution in [3.8, 4) is 0 Å². The Kier molecular flexibility index (Phi) is 5.00. The summed E-state index contributed by atoms with van der Waals surface area (Å²) in [4.78, 5) is 31.9. The molecular weight excluding hydrogens is 276 g/mol. The predicted octanol–water partition coefficient (Wildman–Crippen LogP) is 1.85. The van der Waals surface area contributed by atoms with Gasteiger partial charge in [0.05, 0.1) is 0 Å². The van der Waals surface area contributed by atoms with E-state index in [1.165, 1.54) is 6.92 Å². The number of ether oxygens (including phenoxy) is 3. The van der Waals surface area contributed by atoms with Crippen molar-refractivity contribution >= 4 is 18.5 Å². The van der Waals surface area contributed by atoms with Crippen LogP contribution in [-0.4, -0.2) is 52.1 Å². The SMILES string of the molecule is CC1CC(OC(=O)O)C(OC(=O)O)C(C)C1OC(=O)O. The predicted molar refractivity (Wildman–Crippen MR) is 61.6 cm³/mol. The molecule has 0 bridgehead atoms. The van der Waals surface area contributed by atoms with Crippen molar-refractivity contribution in [2.24, 2.45) is 11.8 Å². The average molecular weight is 292 g/mol. The van der Waals surface area contributed by atoms with Crippen LogP contribution in [0.2, 0.25) is 0 Å². The zero-order chi connectivity index (χ0) is 15.4. The summed E-state index contributed by atoms with van der Waals surface area (Å²) in [5.41, 5.74) is 0. The van der Waals surface area contributed by atoms with Gasteiger partial charge in [-0.25, -0.2) is 14.4 Å². The van der Waals surface area contributed by atoms with Crippen LogP contribution in [0.4, 0.5) is 14.4 Å². The summed E-state index contributed by atoms with van der Waals surface area (Å²) in [6.07, 6.45) is -7.44. The van der Waals surface area contributed by atoms with Crippen LogP contribution in [0, 0.1) is 11.8 Å². The molecule has 0 aliphatic heterocycles. The lowest BCUT2D eigenvalue weighted by Gasteiger charge is -2.41. The molecule has 1 saturated carbocycles. The highest BCUT2D eigenvalue weighted by atomic mass is 16.7. The van der Waals surface area contributed by atoms with Crippen molar-refractivity contribution < 1.29 is 43.9 Å². The van der Waals surface area contributed by atoms with E-state index in [9.17, 15) is 14.4 Å². The Morgan fingerprint density at radius 1 is 0.850 bits per heavy atom. The van der Waals surface area contributed by atoms with Crippen molar-refractivity contribution in [1.82, 2.24) is 0 Å². The summed E-state index contributed by atoms with van der Waals surface area (Å²) in [5.74, 6) is -1.01. The van der Waals surface area contributed by atoms with Gasteiger partial charge in [-0.3, -0.25) is 0 Å². The van der Waals surface area contributed by atoms with Crippen LogP contribution in [0.3, 0.4) is 0 Å². The Hall–Kier alpha value is -2.19. The van der Waals surface area contributed by atoms with Gasteiger partial charge in [-0.1, -0.05) is 13.8 Å². The molecule has 1 aliphatic carbocycles. The average Bonchev–Trinajstić information content (AvgIpc) is 2.28. The molecule has 0 radical (unpaired) electrons. The van der Waals surface area contributed by atoms with Crippen molar-refractivity contribution in [1.29, 1.82) is 0 Å². The zero-order valence-electron chi connectivity index (χ0n) is 10.9. The first-order chi connectivity index (χ1) is 9.22. The number of carboxylic acid groups (broad SMARTS) is 3. The molecular formula is C11H16O9. The maximum Gasteiger partial charge on any atom is 0.506 e. The van der Waals surface area contributed by atoms with E-state index in [4.69, 9.17) is 20.1 Å². The van der Waals surface area contributed by atoms with Crippen LogP contribution in [0.5, 0.6) is 0 Å². The van der Waals surface area contributed by atoms with Gasteiger partial charge in [-0.05, 0) is 12.3 Å². The fourth-order valence-corrected chi connectivity index (χ4v) is 2.56. The first-order valence-corrected chi connectivity index (χ1v) is 5.91. The van der Waals surface area contributed by atoms with E-state index in [-0.39, 0.29) is 12.3 Å². The van der Waals surface area contributed by atoms with Crippen LogP contribution in [0.1, 0.15) is 20.3 Å². The van der Waals surface area contributed by atoms with Crippen LogP contribution in [0.25, 0.3) is 0 Å². The van der Waals surface area contributed by atoms with Crippen molar-refractivity contribution in [3.63, 3.8) is 0 Å². The Bertz CT molecular complexity index is 393. The Balaban J connectivity index is 2.92. The van der Waals surface area contributed by atoms with Crippen LogP contribution >= 0.6 is 0 Å². The minimum atomic E-state index is -1.59. The summed E-state index contributed by atoms with van der Waals surface area (Å²) in [6, 6.07) is 0. The monoisotopic (exact) mass is 292 g/mol. The molecule has 5 atom stereocenters. The summed E-state index contributed by atoms with van der Waals surface area (Å²) < 4.78 is 14.0. The van der Waals surface area contributed by atoms with E-state index in [0.29, 0.717) is 0 Å². The maximum absolute atomic E-state index is 10.7. The van der Waals surface area contributed by atoms with Crippen LogP contribution in [0.15, 0.2) is 0 Å². The fourth-order valence-electron chi connectivity index (χ4n) is 2.56. The van der Waals surface area contributed by atoms with Gasteiger partial charge in [0.2, 0.25) is 0 Å². The normalized spacial score (nSPS) is 33.0. The third-order valence-electron chi connectivity index (χ3n) is 3.29. The summed E-state index contributed by atoms with van der Waals surface area (Å²) in [5, 5.41) is 26.0. The standard InChI is InChI=1S/C11H16O9/c1-4-3-6(18-9(12)13)8(20-11(16)17)5(2)7(4)19-10(14)15/h4-8H,3H2,1-2H3,(H,12,13)(H,14,15)(H,16,17). The van der Waals surface area contributed by atoms with Gasteiger partial charge in [-0.15, -0.1) is 0 Å². The Labute approximate surface area is 114 Å². The van der Waals surface area contributed by atoms with E-state index in [1.54, 1.807) is 6.92 Å². The van der Waals surface area contributed by atoms with Crippen molar-refractivity contribution in [2.45, 2.75) is 38.6 Å². The second kappa shape index (κ2) is 6.31. The maximum atomic E-state index is 10.7. The number of hydrogen-bond donors (Lipinski definition) is 3. The third-order valence-corrected chi connectivity index (χ3v) is 3.29. The summed E-state index contributed by atoms with van der Waals surface area (Å²) >= 11 is 0. The van der Waals surface area contributed by atoms with Gasteiger partial charge in [0, 0.05) is 5.92 Å². The topological polar surface area (TPSA) is 140 Å². The molecule has 0 aromatic heterocycles. The Morgan fingerprint density at radius 2 is 1.30 bits per heavy atom. The molecule has 5 unspecified atom stereocenters. The second-order valence-corrected chi connectivity index (χ2v) is 4.69. The highest BCUT2D eigenvalue weighted by Crippen LogP contribution is 2.35. The quantitative estimate of drug-likeness (QED) is 0.525. The van der Waals surface area contributed by atoms with Gasteiger partial charge >= 0.3 is 18.5 Å². The van der Waals surface area contributed by atoms with E-state index < -0.39 is 42.7 Å². The molecule has 0 heterocycles. The zero-order valence-corrected chi connectivity index (χ0v) is 10.9. The van der Waals surface area contributed by atoms with Crippen LogP contribution < -0.4 is 0 Å². The van der Waals surface area contributed by atoms with Gasteiger partial charge in [0.1, 0.15) is 18.3 Å². The van der Waals surface area contributed by atoms with E-state index >= 15 is 0 Å². The minimum absolute atomic E-state index is 0.104. The van der Waals surface area contributed by atoms with Gasteiger partial charge < -0.3 is 29.5 Å². The van der Waals surface area contributed by atoms with Gasteiger partial charge in [0.15, 0.2) is 0 Å². The van der Waals surface area contributed by atoms with Crippen molar-refractivity contribution in [2.75, 3.05) is 0 Å². The van der Waals surface area contributed by atoms with E-state index in [1.807, 2.05) is 0 Å². The number of rotatable bonds is 3. The Morgan fingerprint density at radius 3 is 1.75 bits per heavy atom. The molecule has 1 rings (SSSR count). The van der Waals surface area contributed by atoms with E-state index in [0.717, 1.165) is 0 Å². The van der Waals surface area contributed by atoms with Gasteiger partial charge in [-0.2, -0.15) is 0 Å². The highest BCUT2D eigenvalue weighted by Gasteiger charge is 2.47. The smallest absolute Gasteiger partial charge is 0.450 e. The molecule has 3 N–H and O–H groups in total. The molecule has 1 fully saturated rings.